The fourth-order valence-corrected chi connectivity index (χ4v) is 1.88. The Labute approximate surface area is 108 Å². The molecule has 100 valence electrons. The van der Waals surface area contributed by atoms with Crippen molar-refractivity contribution in [2.24, 2.45) is 0 Å². The maximum atomic E-state index is 12.2. The molecule has 0 spiro atoms. The number of aromatic hydroxyl groups is 1. The second-order valence-corrected chi connectivity index (χ2v) is 4.11. The van der Waals surface area contributed by atoms with Gasteiger partial charge in [-0.3, -0.25) is 9.59 Å². The number of hydrogen-bond donors (Lipinski definition) is 3. The Bertz CT molecular complexity index is 543. The van der Waals surface area contributed by atoms with E-state index in [9.17, 15) is 19.5 Å². The zero-order valence-electron chi connectivity index (χ0n) is 9.87. The van der Waals surface area contributed by atoms with Crippen LogP contribution in [-0.2, 0) is 9.59 Å². The minimum atomic E-state index is -1.20. The van der Waals surface area contributed by atoms with E-state index >= 15 is 0 Å². The number of phenolic OH excluding ortho intramolecular Hbond substituents is 1. The second-order valence-electron chi connectivity index (χ2n) is 4.11. The lowest BCUT2D eigenvalue weighted by molar-refractivity contribution is -0.144. The molecule has 1 aliphatic rings. The van der Waals surface area contributed by atoms with E-state index in [1.807, 2.05) is 0 Å². The van der Waals surface area contributed by atoms with Crippen LogP contribution >= 0.6 is 0 Å². The monoisotopic (exact) mass is 264 g/mol. The number of nitrogens with zero attached hydrogens (tertiary/aromatic N) is 1. The summed E-state index contributed by atoms with van der Waals surface area (Å²) >= 11 is 0. The third kappa shape index (κ3) is 2.49. The number of carbonyl (C=O) groups excluding carboxylic acids is 2. The Morgan fingerprint density at radius 2 is 2.00 bits per heavy atom. The van der Waals surface area contributed by atoms with Gasteiger partial charge in [0.15, 0.2) is 0 Å². The van der Waals surface area contributed by atoms with Gasteiger partial charge < -0.3 is 20.4 Å². The fourth-order valence-electron chi connectivity index (χ4n) is 1.88. The summed E-state index contributed by atoms with van der Waals surface area (Å²) in [6.07, 6.45) is 0. The van der Waals surface area contributed by atoms with Gasteiger partial charge in [-0.15, -0.1) is 0 Å². The van der Waals surface area contributed by atoms with E-state index in [-0.39, 0.29) is 24.4 Å². The molecule has 7 nitrogen and oxygen atoms in total. The molecular formula is C12H12N2O5. The van der Waals surface area contributed by atoms with E-state index in [0.29, 0.717) is 0 Å². The Balaban J connectivity index is 2.32. The van der Waals surface area contributed by atoms with Crippen LogP contribution < -0.4 is 5.32 Å². The molecule has 1 saturated heterocycles. The van der Waals surface area contributed by atoms with Gasteiger partial charge in [-0.1, -0.05) is 12.1 Å². The van der Waals surface area contributed by atoms with E-state index in [2.05, 4.69) is 5.32 Å². The van der Waals surface area contributed by atoms with Crippen molar-refractivity contribution in [3.05, 3.63) is 29.8 Å². The summed E-state index contributed by atoms with van der Waals surface area (Å²) < 4.78 is 0. The van der Waals surface area contributed by atoms with Crippen LogP contribution in [0.5, 0.6) is 5.75 Å². The third-order valence-corrected chi connectivity index (χ3v) is 2.86. The lowest BCUT2D eigenvalue weighted by Gasteiger charge is -2.32. The van der Waals surface area contributed by atoms with Crippen LogP contribution in [0.2, 0.25) is 0 Å². The van der Waals surface area contributed by atoms with Crippen LogP contribution in [0.25, 0.3) is 0 Å². The molecule has 3 N–H and O–H groups in total. The summed E-state index contributed by atoms with van der Waals surface area (Å²) in [6.45, 7) is -0.488. The quantitative estimate of drug-likeness (QED) is 0.662. The Morgan fingerprint density at radius 3 is 2.63 bits per heavy atom. The van der Waals surface area contributed by atoms with Gasteiger partial charge in [0.25, 0.3) is 5.91 Å². The first-order valence-corrected chi connectivity index (χ1v) is 5.59. The highest BCUT2D eigenvalue weighted by Gasteiger charge is 2.36. The number of amides is 2. The molecule has 1 unspecified atom stereocenters. The summed E-state index contributed by atoms with van der Waals surface area (Å²) in [5.74, 6) is -2.56. The zero-order chi connectivity index (χ0) is 14.0. The highest BCUT2D eigenvalue weighted by molar-refractivity contribution is 6.01. The van der Waals surface area contributed by atoms with Gasteiger partial charge in [0.1, 0.15) is 18.3 Å². The molecule has 1 fully saturated rings. The van der Waals surface area contributed by atoms with E-state index in [4.69, 9.17) is 5.11 Å². The Kier molecular flexibility index (Phi) is 3.37. The molecule has 0 bridgehead atoms. The summed E-state index contributed by atoms with van der Waals surface area (Å²) in [6, 6.07) is 4.66. The van der Waals surface area contributed by atoms with Crippen molar-refractivity contribution in [2.45, 2.75) is 6.04 Å². The van der Waals surface area contributed by atoms with Gasteiger partial charge in [-0.2, -0.15) is 0 Å². The SMILES string of the molecule is O=C1CN(C(=O)c2ccccc2O)C(C(=O)O)CN1. The summed E-state index contributed by atoms with van der Waals surface area (Å²) in [4.78, 5) is 35.5. The minimum Gasteiger partial charge on any atom is -0.507 e. The number of nitrogens with one attached hydrogen (secondary N) is 1. The lowest BCUT2D eigenvalue weighted by Crippen LogP contribution is -2.59. The number of carboxylic acids is 1. The number of rotatable bonds is 2. The Morgan fingerprint density at radius 1 is 1.32 bits per heavy atom. The molecule has 0 saturated carbocycles. The van der Waals surface area contributed by atoms with Gasteiger partial charge in [0.2, 0.25) is 5.91 Å². The molecule has 1 aliphatic heterocycles. The van der Waals surface area contributed by atoms with Crippen molar-refractivity contribution in [3.63, 3.8) is 0 Å². The molecule has 1 aromatic carbocycles. The molecule has 2 rings (SSSR count). The highest BCUT2D eigenvalue weighted by Crippen LogP contribution is 2.19. The average Bonchev–Trinajstić information content (AvgIpc) is 2.38. The van der Waals surface area contributed by atoms with E-state index in [0.717, 1.165) is 4.90 Å². The topological polar surface area (TPSA) is 107 Å². The van der Waals surface area contributed by atoms with Gasteiger partial charge >= 0.3 is 5.97 Å². The number of hydrogen-bond acceptors (Lipinski definition) is 4. The summed E-state index contributed by atoms with van der Waals surface area (Å²) in [7, 11) is 0. The standard InChI is InChI=1S/C12H12N2O5/c15-9-4-2-1-3-7(9)11(17)14-6-10(16)13-5-8(14)12(18)19/h1-4,8,15H,5-6H2,(H,13,16)(H,18,19). The molecule has 1 aromatic rings. The summed E-state index contributed by atoms with van der Waals surface area (Å²) in [5.41, 5.74) is -0.0246. The highest BCUT2D eigenvalue weighted by atomic mass is 16.4. The number of aliphatic carboxylic acids is 1. The number of carbonyl (C=O) groups is 3. The van der Waals surface area contributed by atoms with Gasteiger partial charge in [-0.25, -0.2) is 4.79 Å². The summed E-state index contributed by atoms with van der Waals surface area (Å²) in [5, 5.41) is 21.0. The molecule has 0 aromatic heterocycles. The molecule has 19 heavy (non-hydrogen) atoms. The van der Waals surface area contributed by atoms with E-state index in [1.54, 1.807) is 12.1 Å². The molecule has 1 atom stereocenters. The zero-order valence-corrected chi connectivity index (χ0v) is 9.87. The van der Waals surface area contributed by atoms with Crippen LogP contribution in [-0.4, -0.2) is 52.0 Å². The molecular weight excluding hydrogens is 252 g/mol. The number of carboxylic acid groups (broad SMARTS) is 1. The molecule has 0 aliphatic carbocycles. The van der Waals surface area contributed by atoms with Crippen molar-refractivity contribution in [1.29, 1.82) is 0 Å². The van der Waals surface area contributed by atoms with Crippen LogP contribution in [0.15, 0.2) is 24.3 Å². The first kappa shape index (κ1) is 12.9. The average molecular weight is 264 g/mol. The van der Waals surface area contributed by atoms with Crippen molar-refractivity contribution in [2.75, 3.05) is 13.1 Å². The molecule has 1 heterocycles. The Hall–Kier alpha value is -2.57. The second kappa shape index (κ2) is 4.97. The number of piperazine rings is 1. The van der Waals surface area contributed by atoms with E-state index < -0.39 is 23.8 Å². The molecule has 2 amide bonds. The first-order chi connectivity index (χ1) is 9.00. The van der Waals surface area contributed by atoms with Crippen molar-refractivity contribution in [3.8, 4) is 5.75 Å². The maximum Gasteiger partial charge on any atom is 0.328 e. The predicted molar refractivity (Wildman–Crippen MR) is 63.6 cm³/mol. The first-order valence-electron chi connectivity index (χ1n) is 5.59. The molecule has 0 radical (unpaired) electrons. The van der Waals surface area contributed by atoms with Gasteiger partial charge in [-0.05, 0) is 12.1 Å². The van der Waals surface area contributed by atoms with Gasteiger partial charge in [0.05, 0.1) is 5.56 Å². The van der Waals surface area contributed by atoms with Crippen LogP contribution in [0.4, 0.5) is 0 Å². The van der Waals surface area contributed by atoms with Crippen LogP contribution in [0.1, 0.15) is 10.4 Å². The smallest absolute Gasteiger partial charge is 0.328 e. The normalized spacial score (nSPS) is 18.8. The largest absolute Gasteiger partial charge is 0.507 e. The number of phenols is 1. The minimum absolute atomic E-state index is 0.0246. The number of para-hydroxylation sites is 1. The van der Waals surface area contributed by atoms with Crippen LogP contribution in [0.3, 0.4) is 0 Å². The predicted octanol–water partition coefficient (Wildman–Crippen LogP) is -0.583. The number of benzene rings is 1. The molecule has 7 heteroatoms. The fraction of sp³-hybridized carbons (Fsp3) is 0.250. The third-order valence-electron chi connectivity index (χ3n) is 2.86. The van der Waals surface area contributed by atoms with Crippen molar-refractivity contribution < 1.29 is 24.6 Å². The lowest BCUT2D eigenvalue weighted by atomic mass is 10.1. The van der Waals surface area contributed by atoms with E-state index in [1.165, 1.54) is 12.1 Å². The van der Waals surface area contributed by atoms with Crippen LogP contribution in [0, 0.1) is 0 Å². The maximum absolute atomic E-state index is 12.2. The van der Waals surface area contributed by atoms with Crippen molar-refractivity contribution in [1.82, 2.24) is 10.2 Å². The van der Waals surface area contributed by atoms with Gasteiger partial charge in [0, 0.05) is 6.54 Å². The van der Waals surface area contributed by atoms with Crippen molar-refractivity contribution >= 4 is 17.8 Å².